The molecule has 0 saturated heterocycles. The highest BCUT2D eigenvalue weighted by Gasteiger charge is 2.34. The molecule has 1 aromatic rings. The number of hydrogen-bond acceptors (Lipinski definition) is 5. The summed E-state index contributed by atoms with van der Waals surface area (Å²) in [5.74, 6) is 0.219. The Kier molecular flexibility index (Phi) is 2.93. The minimum absolute atomic E-state index is 0.0325. The van der Waals surface area contributed by atoms with Crippen LogP contribution in [-0.4, -0.2) is 32.5 Å². The smallest absolute Gasteiger partial charge is 0.349 e. The summed E-state index contributed by atoms with van der Waals surface area (Å²) >= 11 is 0. The zero-order chi connectivity index (χ0) is 11.7. The molecule has 0 unspecified atom stereocenters. The lowest BCUT2D eigenvalue weighted by molar-refractivity contribution is 0.129. The van der Waals surface area contributed by atoms with Gasteiger partial charge in [-0.05, 0) is 24.8 Å². The standard InChI is InChI=1S/C10H15N3O3/c11-9-1-2-13(10(16)12-9)7-3-6(5-14)4-8(7)15/h1-2,6-8,14-15H,3-5H2,(H2,11,12,16)/t6-,7+,8+/m0/s1. The Morgan fingerprint density at radius 1 is 1.56 bits per heavy atom. The molecule has 0 radical (unpaired) electrons. The number of anilines is 1. The first kappa shape index (κ1) is 11.1. The van der Waals surface area contributed by atoms with Crippen LogP contribution >= 0.6 is 0 Å². The zero-order valence-electron chi connectivity index (χ0n) is 8.78. The van der Waals surface area contributed by atoms with Crippen molar-refractivity contribution in [3.63, 3.8) is 0 Å². The van der Waals surface area contributed by atoms with E-state index in [1.54, 1.807) is 0 Å². The van der Waals surface area contributed by atoms with Crippen LogP contribution in [0.4, 0.5) is 5.82 Å². The molecule has 6 nitrogen and oxygen atoms in total. The van der Waals surface area contributed by atoms with Crippen molar-refractivity contribution in [2.24, 2.45) is 5.92 Å². The topological polar surface area (TPSA) is 101 Å². The van der Waals surface area contributed by atoms with Crippen LogP contribution in [0.5, 0.6) is 0 Å². The van der Waals surface area contributed by atoms with Crippen LogP contribution in [0.2, 0.25) is 0 Å². The highest BCUT2D eigenvalue weighted by atomic mass is 16.3. The van der Waals surface area contributed by atoms with Gasteiger partial charge in [0, 0.05) is 12.8 Å². The Bertz CT molecular complexity index is 432. The maximum atomic E-state index is 11.6. The molecule has 3 atom stereocenters. The number of hydrogen-bond donors (Lipinski definition) is 3. The summed E-state index contributed by atoms with van der Waals surface area (Å²) in [7, 11) is 0. The summed E-state index contributed by atoms with van der Waals surface area (Å²) in [6.45, 7) is 0.0325. The Hall–Kier alpha value is -1.40. The fourth-order valence-electron chi connectivity index (χ4n) is 2.22. The monoisotopic (exact) mass is 225 g/mol. The van der Waals surface area contributed by atoms with Crippen LogP contribution < -0.4 is 11.4 Å². The molecule has 16 heavy (non-hydrogen) atoms. The van der Waals surface area contributed by atoms with E-state index in [1.165, 1.54) is 16.8 Å². The first-order chi connectivity index (χ1) is 7.61. The van der Waals surface area contributed by atoms with Gasteiger partial charge in [-0.15, -0.1) is 0 Å². The molecule has 0 amide bonds. The molecular formula is C10H15N3O3. The maximum Gasteiger partial charge on any atom is 0.349 e. The molecule has 1 fully saturated rings. The Balaban J connectivity index is 2.28. The fraction of sp³-hybridized carbons (Fsp3) is 0.600. The van der Waals surface area contributed by atoms with E-state index in [2.05, 4.69) is 4.98 Å². The molecular weight excluding hydrogens is 210 g/mol. The predicted molar refractivity (Wildman–Crippen MR) is 57.8 cm³/mol. The van der Waals surface area contributed by atoms with Gasteiger partial charge in [0.2, 0.25) is 0 Å². The van der Waals surface area contributed by atoms with Crippen molar-refractivity contribution in [2.75, 3.05) is 12.3 Å². The molecule has 0 spiro atoms. The van der Waals surface area contributed by atoms with Crippen molar-refractivity contribution < 1.29 is 10.2 Å². The average Bonchev–Trinajstić information content (AvgIpc) is 2.60. The summed E-state index contributed by atoms with van der Waals surface area (Å²) in [6, 6.07) is 1.22. The second-order valence-corrected chi connectivity index (χ2v) is 4.20. The summed E-state index contributed by atoms with van der Waals surface area (Å²) in [5, 5.41) is 18.8. The first-order valence-corrected chi connectivity index (χ1v) is 5.25. The van der Waals surface area contributed by atoms with Gasteiger partial charge in [-0.3, -0.25) is 4.57 Å². The highest BCUT2D eigenvalue weighted by Crippen LogP contribution is 2.33. The van der Waals surface area contributed by atoms with Gasteiger partial charge in [0.1, 0.15) is 5.82 Å². The number of nitrogens with two attached hydrogens (primary N) is 1. The second kappa shape index (κ2) is 4.23. The van der Waals surface area contributed by atoms with Crippen LogP contribution in [-0.2, 0) is 0 Å². The largest absolute Gasteiger partial charge is 0.396 e. The molecule has 6 heteroatoms. The van der Waals surface area contributed by atoms with Gasteiger partial charge in [0.15, 0.2) is 0 Å². The molecule has 1 aliphatic carbocycles. The van der Waals surface area contributed by atoms with Crippen LogP contribution in [0, 0.1) is 5.92 Å². The van der Waals surface area contributed by atoms with Gasteiger partial charge in [-0.2, -0.15) is 4.98 Å². The minimum atomic E-state index is -0.611. The summed E-state index contributed by atoms with van der Waals surface area (Å²) < 4.78 is 1.39. The van der Waals surface area contributed by atoms with E-state index in [9.17, 15) is 9.90 Å². The van der Waals surface area contributed by atoms with Gasteiger partial charge >= 0.3 is 5.69 Å². The third-order valence-electron chi connectivity index (χ3n) is 3.06. The van der Waals surface area contributed by atoms with E-state index in [4.69, 9.17) is 10.8 Å². The summed E-state index contributed by atoms with van der Waals surface area (Å²) in [6.07, 6.45) is 2.03. The number of nitrogen functional groups attached to an aromatic ring is 1. The van der Waals surface area contributed by atoms with Gasteiger partial charge < -0.3 is 15.9 Å². The van der Waals surface area contributed by atoms with Crippen molar-refractivity contribution in [3.8, 4) is 0 Å². The van der Waals surface area contributed by atoms with E-state index in [0.717, 1.165) is 0 Å². The third kappa shape index (κ3) is 1.94. The van der Waals surface area contributed by atoms with E-state index in [0.29, 0.717) is 12.8 Å². The van der Waals surface area contributed by atoms with Gasteiger partial charge in [-0.1, -0.05) is 0 Å². The second-order valence-electron chi connectivity index (χ2n) is 4.20. The quantitative estimate of drug-likeness (QED) is 0.607. The molecule has 1 aromatic heterocycles. The summed E-state index contributed by atoms with van der Waals surface area (Å²) in [4.78, 5) is 15.2. The lowest BCUT2D eigenvalue weighted by Gasteiger charge is -2.16. The molecule has 1 aliphatic rings. The van der Waals surface area contributed by atoms with Crippen molar-refractivity contribution in [3.05, 3.63) is 22.7 Å². The number of nitrogens with zero attached hydrogens (tertiary/aromatic N) is 2. The molecule has 88 valence electrons. The van der Waals surface area contributed by atoms with Crippen LogP contribution in [0.3, 0.4) is 0 Å². The highest BCUT2D eigenvalue weighted by molar-refractivity contribution is 5.23. The van der Waals surface area contributed by atoms with Gasteiger partial charge in [-0.25, -0.2) is 4.79 Å². The van der Waals surface area contributed by atoms with E-state index < -0.39 is 11.8 Å². The van der Waals surface area contributed by atoms with Crippen LogP contribution in [0.25, 0.3) is 0 Å². The van der Waals surface area contributed by atoms with Gasteiger partial charge in [0.25, 0.3) is 0 Å². The lowest BCUT2D eigenvalue weighted by atomic mass is 10.1. The number of aliphatic hydroxyl groups excluding tert-OH is 2. The average molecular weight is 225 g/mol. The van der Waals surface area contributed by atoms with Crippen molar-refractivity contribution in [1.82, 2.24) is 9.55 Å². The van der Waals surface area contributed by atoms with E-state index >= 15 is 0 Å². The predicted octanol–water partition coefficient (Wildman–Crippen LogP) is -0.870. The third-order valence-corrected chi connectivity index (χ3v) is 3.06. The Labute approximate surface area is 92.4 Å². The molecule has 0 aliphatic heterocycles. The first-order valence-electron chi connectivity index (χ1n) is 5.25. The minimum Gasteiger partial charge on any atom is -0.396 e. The molecule has 1 heterocycles. The zero-order valence-corrected chi connectivity index (χ0v) is 8.78. The normalized spacial score (nSPS) is 29.5. The number of rotatable bonds is 2. The van der Waals surface area contributed by atoms with Gasteiger partial charge in [0.05, 0.1) is 12.1 Å². The number of aliphatic hydroxyl groups is 2. The van der Waals surface area contributed by atoms with Crippen LogP contribution in [0.15, 0.2) is 17.1 Å². The molecule has 4 N–H and O–H groups in total. The summed E-state index contributed by atoms with van der Waals surface area (Å²) in [5.41, 5.74) is 4.93. The van der Waals surface area contributed by atoms with Crippen LogP contribution in [0.1, 0.15) is 18.9 Å². The molecule has 0 aromatic carbocycles. The number of aromatic nitrogens is 2. The Morgan fingerprint density at radius 3 is 2.88 bits per heavy atom. The van der Waals surface area contributed by atoms with Crippen molar-refractivity contribution in [1.29, 1.82) is 0 Å². The SMILES string of the molecule is Nc1ccn([C@@H]2C[C@H](CO)C[C@H]2O)c(=O)n1. The van der Waals surface area contributed by atoms with Crippen molar-refractivity contribution >= 4 is 5.82 Å². The Morgan fingerprint density at radius 2 is 2.31 bits per heavy atom. The molecule has 0 bridgehead atoms. The fourth-order valence-corrected chi connectivity index (χ4v) is 2.22. The maximum absolute atomic E-state index is 11.6. The molecule has 1 saturated carbocycles. The molecule has 2 rings (SSSR count). The van der Waals surface area contributed by atoms with E-state index in [-0.39, 0.29) is 24.4 Å². The van der Waals surface area contributed by atoms with E-state index in [1.807, 2.05) is 0 Å². The lowest BCUT2D eigenvalue weighted by Crippen LogP contribution is -2.30. The van der Waals surface area contributed by atoms with Crippen molar-refractivity contribution in [2.45, 2.75) is 25.0 Å².